The number of benzene rings is 1. The molecule has 0 bridgehead atoms. The second-order valence-corrected chi connectivity index (χ2v) is 10.7. The molecule has 1 aromatic carbocycles. The summed E-state index contributed by atoms with van der Waals surface area (Å²) in [6, 6.07) is 8.86. The van der Waals surface area contributed by atoms with Gasteiger partial charge in [-0.25, -0.2) is 0 Å². The molecule has 218 valence electrons. The molecule has 0 radical (unpaired) electrons. The number of alkyl halides is 3. The number of aromatic nitrogens is 4. The number of hydrogen-bond acceptors (Lipinski definition) is 7. The third-order valence-corrected chi connectivity index (χ3v) is 7.44. The van der Waals surface area contributed by atoms with Crippen molar-refractivity contribution in [2.24, 2.45) is 18.9 Å². The molecule has 1 aliphatic heterocycles. The van der Waals surface area contributed by atoms with E-state index in [0.717, 1.165) is 37.3 Å². The zero-order valence-corrected chi connectivity index (χ0v) is 23.6. The van der Waals surface area contributed by atoms with E-state index in [-0.39, 0.29) is 24.1 Å². The van der Waals surface area contributed by atoms with Crippen LogP contribution < -0.4 is 5.32 Å². The first kappa shape index (κ1) is 30.0. The number of methoxy groups -OCH3 is 2. The highest BCUT2D eigenvalue weighted by atomic mass is 19.4. The molecule has 8 nitrogen and oxygen atoms in total. The average molecular weight is 561 g/mol. The Kier molecular flexibility index (Phi) is 10.2. The summed E-state index contributed by atoms with van der Waals surface area (Å²) in [7, 11) is 5.15. The van der Waals surface area contributed by atoms with Crippen LogP contribution in [0.15, 0.2) is 42.9 Å². The van der Waals surface area contributed by atoms with E-state index in [9.17, 15) is 13.2 Å². The van der Waals surface area contributed by atoms with Crippen LogP contribution >= 0.6 is 0 Å². The number of hydrogen-bond donors (Lipinski definition) is 1. The summed E-state index contributed by atoms with van der Waals surface area (Å²) in [6.45, 7) is 5.26. The lowest BCUT2D eigenvalue weighted by Gasteiger charge is -2.31. The molecule has 1 unspecified atom stereocenters. The fourth-order valence-electron chi connectivity index (χ4n) is 5.60. The summed E-state index contributed by atoms with van der Waals surface area (Å²) >= 11 is 0. The number of anilines is 1. The summed E-state index contributed by atoms with van der Waals surface area (Å²) < 4.78 is 55.0. The highest BCUT2D eigenvalue weighted by molar-refractivity contribution is 5.48. The average Bonchev–Trinajstić information content (AvgIpc) is 3.33. The zero-order chi connectivity index (χ0) is 28.7. The number of nitrogens with zero attached hydrogens (tertiary/aromatic N) is 5. The number of piperidine rings is 1. The maximum atomic E-state index is 14.1. The molecule has 2 atom stereocenters. The summed E-state index contributed by atoms with van der Waals surface area (Å²) in [5, 5.41) is 11.5. The molecular weight excluding hydrogens is 521 g/mol. The van der Waals surface area contributed by atoms with Crippen molar-refractivity contribution in [1.29, 1.82) is 0 Å². The van der Waals surface area contributed by atoms with Gasteiger partial charge in [-0.2, -0.15) is 13.2 Å². The van der Waals surface area contributed by atoms with Crippen molar-refractivity contribution >= 4 is 5.69 Å². The van der Waals surface area contributed by atoms with Gasteiger partial charge in [-0.1, -0.05) is 19.1 Å². The van der Waals surface area contributed by atoms with E-state index in [1.165, 1.54) is 6.07 Å². The van der Waals surface area contributed by atoms with E-state index >= 15 is 0 Å². The molecule has 3 heterocycles. The van der Waals surface area contributed by atoms with Gasteiger partial charge in [0, 0.05) is 52.2 Å². The van der Waals surface area contributed by atoms with Crippen molar-refractivity contribution in [3.63, 3.8) is 0 Å². The first-order chi connectivity index (χ1) is 19.2. The smallest absolute Gasteiger partial charge is 0.384 e. The summed E-state index contributed by atoms with van der Waals surface area (Å²) in [4.78, 5) is 6.48. The van der Waals surface area contributed by atoms with Crippen LogP contribution in [-0.2, 0) is 35.8 Å². The van der Waals surface area contributed by atoms with Crippen molar-refractivity contribution < 1.29 is 22.6 Å². The quantitative estimate of drug-likeness (QED) is 0.330. The monoisotopic (exact) mass is 560 g/mol. The lowest BCUT2D eigenvalue weighted by molar-refractivity contribution is -0.138. The minimum Gasteiger partial charge on any atom is -0.384 e. The molecule has 2 aromatic heterocycles. The maximum absolute atomic E-state index is 14.1. The molecule has 1 saturated heterocycles. The first-order valence-electron chi connectivity index (χ1n) is 13.6. The van der Waals surface area contributed by atoms with Gasteiger partial charge in [-0.15, -0.1) is 10.2 Å². The molecule has 11 heteroatoms. The minimum atomic E-state index is -4.50. The Hall–Kier alpha value is -3.02. The molecule has 1 N–H and O–H groups in total. The van der Waals surface area contributed by atoms with E-state index in [4.69, 9.17) is 9.47 Å². The predicted molar refractivity (Wildman–Crippen MR) is 147 cm³/mol. The van der Waals surface area contributed by atoms with E-state index in [2.05, 4.69) is 32.3 Å². The highest BCUT2D eigenvalue weighted by Gasteiger charge is 2.35. The Morgan fingerprint density at radius 2 is 1.93 bits per heavy atom. The van der Waals surface area contributed by atoms with Gasteiger partial charge in [0.25, 0.3) is 0 Å². The first-order valence-corrected chi connectivity index (χ1v) is 13.6. The fraction of sp³-hybridized carbons (Fsp3) is 0.552. The normalized spacial score (nSPS) is 17.4. The number of aryl methyl sites for hydroxylation is 1. The molecule has 3 aromatic rings. The number of halogens is 3. The SMILES string of the molecule is COCC(COC)C(c1cccc(NCc2ncc(CN3CCC[C@H](C)C3)cc2C(F)(F)F)c1)c1nncn1C. The van der Waals surface area contributed by atoms with Gasteiger partial charge in [-0.3, -0.25) is 9.88 Å². The lowest BCUT2D eigenvalue weighted by Crippen LogP contribution is -2.33. The summed E-state index contributed by atoms with van der Waals surface area (Å²) in [6.07, 6.45) is 0.943. The third kappa shape index (κ3) is 7.58. The van der Waals surface area contributed by atoms with Crippen LogP contribution in [0.4, 0.5) is 18.9 Å². The molecule has 40 heavy (non-hydrogen) atoms. The van der Waals surface area contributed by atoms with Gasteiger partial charge in [-0.05, 0) is 54.6 Å². The second kappa shape index (κ2) is 13.6. The van der Waals surface area contributed by atoms with Gasteiger partial charge >= 0.3 is 6.18 Å². The number of pyridine rings is 1. The molecule has 1 fully saturated rings. The standard InChI is InChI=1S/C29H39F3N6O2/c1-20-7-6-10-38(15-20)16-21-11-25(29(30,31)32)26(34-13-21)14-33-24-9-5-8-22(12-24)27(23(17-39-3)18-40-4)28-36-35-19-37(28)2/h5,8-9,11-13,19-20,23,27,33H,6-7,10,14-18H2,1-4H3/t20-,27?/m0/s1. The van der Waals surface area contributed by atoms with Crippen molar-refractivity contribution in [3.8, 4) is 0 Å². The Morgan fingerprint density at radius 3 is 2.58 bits per heavy atom. The molecule has 4 rings (SSSR count). The second-order valence-electron chi connectivity index (χ2n) is 10.7. The number of likely N-dealkylation sites (tertiary alicyclic amines) is 1. The Bertz CT molecular complexity index is 1230. The van der Waals surface area contributed by atoms with Crippen molar-refractivity contribution in [1.82, 2.24) is 24.6 Å². The third-order valence-electron chi connectivity index (χ3n) is 7.44. The summed E-state index contributed by atoms with van der Waals surface area (Å²) in [5.41, 5.74) is 1.46. The Morgan fingerprint density at radius 1 is 1.15 bits per heavy atom. The van der Waals surface area contributed by atoms with Gasteiger partial charge in [0.1, 0.15) is 12.2 Å². The predicted octanol–water partition coefficient (Wildman–Crippen LogP) is 5.11. The van der Waals surface area contributed by atoms with Gasteiger partial charge in [0.15, 0.2) is 0 Å². The van der Waals surface area contributed by atoms with Crippen molar-refractivity contribution in [2.75, 3.05) is 45.8 Å². The number of rotatable bonds is 12. The van der Waals surface area contributed by atoms with Crippen LogP contribution in [0.1, 0.15) is 53.9 Å². The fourth-order valence-corrected chi connectivity index (χ4v) is 5.60. The van der Waals surface area contributed by atoms with E-state index in [0.29, 0.717) is 36.9 Å². The van der Waals surface area contributed by atoms with E-state index < -0.39 is 11.7 Å². The molecule has 0 amide bonds. The number of nitrogens with one attached hydrogen (secondary N) is 1. The Labute approximate surface area is 233 Å². The van der Waals surface area contributed by atoms with Crippen LogP contribution in [0.2, 0.25) is 0 Å². The number of ether oxygens (including phenoxy) is 2. The van der Waals surface area contributed by atoms with Crippen LogP contribution in [0.5, 0.6) is 0 Å². The van der Waals surface area contributed by atoms with Crippen LogP contribution in [0, 0.1) is 11.8 Å². The van der Waals surface area contributed by atoms with Gasteiger partial charge in [0.05, 0.1) is 36.9 Å². The van der Waals surface area contributed by atoms with Crippen LogP contribution in [0.25, 0.3) is 0 Å². The van der Waals surface area contributed by atoms with Gasteiger partial charge in [0.2, 0.25) is 0 Å². The maximum Gasteiger partial charge on any atom is 0.418 e. The minimum absolute atomic E-state index is 0.0323. The highest BCUT2D eigenvalue weighted by Crippen LogP contribution is 2.34. The van der Waals surface area contributed by atoms with Crippen LogP contribution in [-0.4, -0.2) is 65.2 Å². The van der Waals surface area contributed by atoms with E-state index in [1.54, 1.807) is 26.7 Å². The lowest BCUT2D eigenvalue weighted by atomic mass is 9.85. The Balaban J connectivity index is 1.55. The molecule has 0 saturated carbocycles. The van der Waals surface area contributed by atoms with Crippen molar-refractivity contribution in [2.45, 2.75) is 44.9 Å². The molecule has 1 aliphatic rings. The van der Waals surface area contributed by atoms with Crippen molar-refractivity contribution in [3.05, 3.63) is 71.1 Å². The van der Waals surface area contributed by atoms with E-state index in [1.807, 2.05) is 35.9 Å². The van der Waals surface area contributed by atoms with Crippen LogP contribution in [0.3, 0.4) is 0 Å². The molecule has 0 aliphatic carbocycles. The zero-order valence-electron chi connectivity index (χ0n) is 23.6. The van der Waals surface area contributed by atoms with Gasteiger partial charge < -0.3 is 19.4 Å². The largest absolute Gasteiger partial charge is 0.418 e. The topological polar surface area (TPSA) is 77.3 Å². The molecular formula is C29H39F3N6O2. The summed E-state index contributed by atoms with van der Waals surface area (Å²) in [5.74, 6) is 1.04. The molecule has 0 spiro atoms.